The minimum Gasteiger partial charge on any atom is -0.318 e. The van der Waals surface area contributed by atoms with Crippen LogP contribution >= 0.6 is 11.6 Å². The molecule has 0 aliphatic heterocycles. The summed E-state index contributed by atoms with van der Waals surface area (Å²) in [5, 5.41) is 0.706. The molecule has 1 heterocycles. The zero-order chi connectivity index (χ0) is 17.3. The van der Waals surface area contributed by atoms with Crippen LogP contribution in [0.25, 0.3) is 5.69 Å². The number of nitrogens with zero attached hydrogens (tertiary/aromatic N) is 2. The van der Waals surface area contributed by atoms with Crippen molar-refractivity contribution in [1.29, 1.82) is 0 Å². The molecule has 0 saturated carbocycles. The number of hydrogen-bond donors (Lipinski definition) is 0. The Labute approximate surface area is 146 Å². The summed E-state index contributed by atoms with van der Waals surface area (Å²) in [6.07, 6.45) is 1.82. The largest absolute Gasteiger partial charge is 0.318 e. The van der Waals surface area contributed by atoms with Crippen LogP contribution in [0.2, 0.25) is 5.02 Å². The number of halogens is 2. The summed E-state index contributed by atoms with van der Waals surface area (Å²) >= 11 is 6.10. The van der Waals surface area contributed by atoms with Crippen molar-refractivity contribution >= 4 is 23.5 Å². The lowest BCUT2D eigenvalue weighted by Gasteiger charge is -2.09. The lowest BCUT2D eigenvalue weighted by atomic mass is 10.2. The van der Waals surface area contributed by atoms with Crippen LogP contribution in [-0.4, -0.2) is 10.8 Å². The summed E-state index contributed by atoms with van der Waals surface area (Å²) in [5.41, 5.74) is 5.56. The number of aromatic nitrogens is 1. The van der Waals surface area contributed by atoms with Gasteiger partial charge < -0.3 is 4.57 Å². The molecule has 24 heavy (non-hydrogen) atoms. The maximum Gasteiger partial charge on any atom is 0.126 e. The Morgan fingerprint density at radius 3 is 2.54 bits per heavy atom. The Kier molecular flexibility index (Phi) is 4.54. The number of aryl methyl sites for hydroxylation is 2. The van der Waals surface area contributed by atoms with Crippen LogP contribution in [0.4, 0.5) is 10.1 Å². The number of hydrogen-bond acceptors (Lipinski definition) is 1. The van der Waals surface area contributed by atoms with Gasteiger partial charge in [-0.3, -0.25) is 4.99 Å². The van der Waals surface area contributed by atoms with Crippen LogP contribution in [0.3, 0.4) is 0 Å². The third-order valence-corrected chi connectivity index (χ3v) is 4.27. The minimum atomic E-state index is -0.215. The fourth-order valence-electron chi connectivity index (χ4n) is 2.78. The van der Waals surface area contributed by atoms with E-state index in [0.717, 1.165) is 28.3 Å². The van der Waals surface area contributed by atoms with E-state index in [-0.39, 0.29) is 5.82 Å². The van der Waals surface area contributed by atoms with Gasteiger partial charge in [0, 0.05) is 33.9 Å². The summed E-state index contributed by atoms with van der Waals surface area (Å²) in [4.78, 5) is 4.47. The lowest BCUT2D eigenvalue weighted by Crippen LogP contribution is -1.99. The van der Waals surface area contributed by atoms with Gasteiger partial charge >= 0.3 is 0 Å². The first-order valence-electron chi connectivity index (χ1n) is 7.71. The van der Waals surface area contributed by atoms with Gasteiger partial charge in [-0.1, -0.05) is 17.7 Å². The minimum absolute atomic E-state index is 0.215. The van der Waals surface area contributed by atoms with Crippen molar-refractivity contribution in [1.82, 2.24) is 4.57 Å². The van der Waals surface area contributed by atoms with E-state index in [4.69, 9.17) is 11.6 Å². The van der Waals surface area contributed by atoms with E-state index < -0.39 is 0 Å². The van der Waals surface area contributed by atoms with Crippen molar-refractivity contribution in [3.63, 3.8) is 0 Å². The quantitative estimate of drug-likeness (QED) is 0.524. The second-order valence-corrected chi connectivity index (χ2v) is 6.27. The fraction of sp³-hybridized carbons (Fsp3) is 0.150. The molecular formula is C20H18ClFN2. The second-order valence-electron chi connectivity index (χ2n) is 5.83. The zero-order valence-corrected chi connectivity index (χ0v) is 14.6. The molecule has 2 nitrogen and oxygen atoms in total. The molecule has 0 N–H and O–H groups in total. The number of rotatable bonds is 3. The van der Waals surface area contributed by atoms with Gasteiger partial charge in [0.25, 0.3) is 0 Å². The Morgan fingerprint density at radius 2 is 1.83 bits per heavy atom. The molecule has 0 atom stereocenters. The van der Waals surface area contributed by atoms with Gasteiger partial charge in [-0.2, -0.15) is 0 Å². The van der Waals surface area contributed by atoms with Gasteiger partial charge in [0.15, 0.2) is 0 Å². The summed E-state index contributed by atoms with van der Waals surface area (Å²) < 4.78 is 15.5. The summed E-state index contributed by atoms with van der Waals surface area (Å²) in [5.74, 6) is -0.215. The Morgan fingerprint density at radius 1 is 1.04 bits per heavy atom. The molecule has 3 aromatic rings. The van der Waals surface area contributed by atoms with Crippen molar-refractivity contribution in [3.05, 3.63) is 81.9 Å². The van der Waals surface area contributed by atoms with E-state index in [0.29, 0.717) is 10.6 Å². The van der Waals surface area contributed by atoms with E-state index in [9.17, 15) is 4.39 Å². The van der Waals surface area contributed by atoms with Crippen molar-refractivity contribution in [2.45, 2.75) is 20.8 Å². The van der Waals surface area contributed by atoms with Gasteiger partial charge in [0.1, 0.15) is 5.82 Å². The summed E-state index contributed by atoms with van der Waals surface area (Å²) in [7, 11) is 0. The van der Waals surface area contributed by atoms with E-state index in [1.54, 1.807) is 19.1 Å². The summed E-state index contributed by atoms with van der Waals surface area (Å²) in [6.45, 7) is 5.83. The predicted octanol–water partition coefficient (Wildman–Crippen LogP) is 5.95. The maximum atomic E-state index is 13.3. The second kappa shape index (κ2) is 6.62. The molecule has 1 aromatic heterocycles. The first-order chi connectivity index (χ1) is 11.5. The Hall–Kier alpha value is -2.39. The van der Waals surface area contributed by atoms with Crippen LogP contribution in [0.5, 0.6) is 0 Å². The highest BCUT2D eigenvalue weighted by molar-refractivity contribution is 6.30. The molecule has 3 rings (SSSR count). The van der Waals surface area contributed by atoms with E-state index in [1.807, 2.05) is 44.3 Å². The number of aliphatic imine (C=N–C) groups is 1. The SMILES string of the molecule is Cc1cc(N=Cc2cc(C)n(-c3cccc(Cl)c3)c2C)ccc1F. The highest BCUT2D eigenvalue weighted by Crippen LogP contribution is 2.23. The highest BCUT2D eigenvalue weighted by atomic mass is 35.5. The molecule has 0 unspecified atom stereocenters. The topological polar surface area (TPSA) is 17.3 Å². The Balaban J connectivity index is 1.97. The van der Waals surface area contributed by atoms with Gasteiger partial charge in [-0.25, -0.2) is 4.39 Å². The van der Waals surface area contributed by atoms with Crippen molar-refractivity contribution in [2.75, 3.05) is 0 Å². The molecule has 2 aromatic carbocycles. The van der Waals surface area contributed by atoms with Crippen molar-refractivity contribution in [2.24, 2.45) is 4.99 Å². The molecule has 0 spiro atoms. The first-order valence-corrected chi connectivity index (χ1v) is 8.08. The third-order valence-electron chi connectivity index (χ3n) is 4.03. The predicted molar refractivity (Wildman–Crippen MR) is 98.6 cm³/mol. The molecule has 0 amide bonds. The van der Waals surface area contributed by atoms with Crippen LogP contribution in [0.15, 0.2) is 53.5 Å². The fourth-order valence-corrected chi connectivity index (χ4v) is 2.97. The van der Waals surface area contributed by atoms with Gasteiger partial charge in [0.05, 0.1) is 5.69 Å². The van der Waals surface area contributed by atoms with E-state index >= 15 is 0 Å². The van der Waals surface area contributed by atoms with Crippen LogP contribution in [0.1, 0.15) is 22.5 Å². The standard InChI is InChI=1S/C20H18ClFN2/c1-13-9-18(7-8-20(13)22)23-12-16-10-14(2)24(15(16)3)19-6-4-5-17(21)11-19/h4-12H,1-3H3. The molecule has 122 valence electrons. The Bertz CT molecular complexity index is 925. The molecular weight excluding hydrogens is 323 g/mol. The van der Waals surface area contributed by atoms with Gasteiger partial charge in [-0.05, 0) is 68.8 Å². The molecule has 0 radical (unpaired) electrons. The lowest BCUT2D eigenvalue weighted by molar-refractivity contribution is 0.618. The normalized spacial score (nSPS) is 11.4. The summed E-state index contributed by atoms with van der Waals surface area (Å²) in [6, 6.07) is 14.7. The zero-order valence-electron chi connectivity index (χ0n) is 13.8. The van der Waals surface area contributed by atoms with Gasteiger partial charge in [-0.15, -0.1) is 0 Å². The van der Waals surface area contributed by atoms with E-state index in [2.05, 4.69) is 15.6 Å². The van der Waals surface area contributed by atoms with Crippen molar-refractivity contribution in [3.8, 4) is 5.69 Å². The molecule has 0 aliphatic carbocycles. The first kappa shape index (κ1) is 16.5. The van der Waals surface area contributed by atoms with Crippen LogP contribution < -0.4 is 0 Å². The third kappa shape index (κ3) is 3.26. The maximum absolute atomic E-state index is 13.3. The molecule has 0 aliphatic rings. The molecule has 4 heteroatoms. The van der Waals surface area contributed by atoms with E-state index in [1.165, 1.54) is 6.07 Å². The smallest absolute Gasteiger partial charge is 0.126 e. The van der Waals surface area contributed by atoms with Crippen LogP contribution in [0, 0.1) is 26.6 Å². The average molecular weight is 341 g/mol. The average Bonchev–Trinajstić information content (AvgIpc) is 2.82. The monoisotopic (exact) mass is 340 g/mol. The highest BCUT2D eigenvalue weighted by Gasteiger charge is 2.09. The number of benzene rings is 2. The van der Waals surface area contributed by atoms with Crippen molar-refractivity contribution < 1.29 is 4.39 Å². The van der Waals surface area contributed by atoms with Gasteiger partial charge in [0.2, 0.25) is 0 Å². The molecule has 0 fully saturated rings. The molecule has 0 bridgehead atoms. The molecule has 0 saturated heterocycles. The van der Waals surface area contributed by atoms with Crippen LogP contribution in [-0.2, 0) is 0 Å².